The summed E-state index contributed by atoms with van der Waals surface area (Å²) in [5.74, 6) is -1.31. The van der Waals surface area contributed by atoms with Crippen LogP contribution in [0.25, 0.3) is 0 Å². The molecule has 3 amide bonds. The fourth-order valence-electron chi connectivity index (χ4n) is 2.58. The highest BCUT2D eigenvalue weighted by atomic mass is 16.5. The summed E-state index contributed by atoms with van der Waals surface area (Å²) >= 11 is 0. The monoisotopic (exact) mass is 333 g/mol. The van der Waals surface area contributed by atoms with Crippen molar-refractivity contribution in [3.8, 4) is 0 Å². The second-order valence-electron chi connectivity index (χ2n) is 5.97. The zero-order valence-corrected chi connectivity index (χ0v) is 13.7. The summed E-state index contributed by atoms with van der Waals surface area (Å²) in [5.41, 5.74) is 6.36. The topological polar surface area (TPSA) is 111 Å². The molecular weight excluding hydrogens is 310 g/mol. The number of amides is 3. The molecular formula is C17H23N3O4. The number of nitrogens with one attached hydrogen (secondary N) is 2. The summed E-state index contributed by atoms with van der Waals surface area (Å²) in [5, 5.41) is 4.98. The Kier molecular flexibility index (Phi) is 6.17. The van der Waals surface area contributed by atoms with E-state index in [1.807, 2.05) is 0 Å². The van der Waals surface area contributed by atoms with Gasteiger partial charge in [-0.15, -0.1) is 0 Å². The molecule has 130 valence electrons. The van der Waals surface area contributed by atoms with Crippen LogP contribution in [-0.4, -0.2) is 30.1 Å². The zero-order valence-electron chi connectivity index (χ0n) is 13.7. The van der Waals surface area contributed by atoms with E-state index in [4.69, 9.17) is 10.5 Å². The van der Waals surface area contributed by atoms with Crippen LogP contribution in [0.5, 0.6) is 0 Å². The number of esters is 1. The molecule has 1 aromatic rings. The van der Waals surface area contributed by atoms with Crippen molar-refractivity contribution in [3.05, 3.63) is 29.8 Å². The molecule has 1 aliphatic carbocycles. The van der Waals surface area contributed by atoms with Crippen molar-refractivity contribution >= 4 is 23.6 Å². The number of imide groups is 1. The molecule has 0 bridgehead atoms. The van der Waals surface area contributed by atoms with E-state index >= 15 is 0 Å². The van der Waals surface area contributed by atoms with E-state index in [2.05, 4.69) is 10.6 Å². The van der Waals surface area contributed by atoms with Gasteiger partial charge in [0.2, 0.25) is 0 Å². The molecule has 1 aliphatic rings. The van der Waals surface area contributed by atoms with Gasteiger partial charge in [0.05, 0.1) is 5.56 Å². The molecule has 1 fully saturated rings. The van der Waals surface area contributed by atoms with Gasteiger partial charge in [-0.2, -0.15) is 0 Å². The maximum absolute atomic E-state index is 11.9. The first-order chi connectivity index (χ1) is 11.5. The lowest BCUT2D eigenvalue weighted by molar-refractivity contribution is -0.127. The van der Waals surface area contributed by atoms with Gasteiger partial charge in [0, 0.05) is 11.7 Å². The summed E-state index contributed by atoms with van der Waals surface area (Å²) in [7, 11) is 0. The van der Waals surface area contributed by atoms with Crippen molar-refractivity contribution in [2.75, 3.05) is 5.73 Å². The molecule has 24 heavy (non-hydrogen) atoms. The van der Waals surface area contributed by atoms with Crippen molar-refractivity contribution < 1.29 is 19.1 Å². The number of hydrogen-bond acceptors (Lipinski definition) is 5. The maximum atomic E-state index is 11.9. The van der Waals surface area contributed by atoms with Gasteiger partial charge in [-0.3, -0.25) is 10.1 Å². The second-order valence-corrected chi connectivity index (χ2v) is 5.97. The van der Waals surface area contributed by atoms with Gasteiger partial charge >= 0.3 is 12.0 Å². The number of rotatable bonds is 4. The van der Waals surface area contributed by atoms with Crippen LogP contribution in [-0.2, 0) is 9.53 Å². The van der Waals surface area contributed by atoms with Gasteiger partial charge in [-0.05, 0) is 44.0 Å². The number of carbonyl (C=O) groups excluding carboxylic acids is 3. The zero-order chi connectivity index (χ0) is 17.5. The lowest BCUT2D eigenvalue weighted by Gasteiger charge is -2.23. The fraction of sp³-hybridized carbons (Fsp3) is 0.471. The Morgan fingerprint density at radius 3 is 2.38 bits per heavy atom. The Balaban J connectivity index is 1.79. The maximum Gasteiger partial charge on any atom is 0.338 e. The second kappa shape index (κ2) is 8.33. The molecule has 0 unspecified atom stereocenters. The van der Waals surface area contributed by atoms with E-state index in [0.717, 1.165) is 25.7 Å². The summed E-state index contributed by atoms with van der Waals surface area (Å²) < 4.78 is 5.06. The first-order valence-electron chi connectivity index (χ1n) is 8.13. The summed E-state index contributed by atoms with van der Waals surface area (Å²) in [6, 6.07) is 5.70. The molecule has 1 aromatic carbocycles. The number of urea groups is 1. The predicted molar refractivity (Wildman–Crippen MR) is 89.3 cm³/mol. The number of nitrogen functional groups attached to an aromatic ring is 1. The number of benzene rings is 1. The molecule has 0 spiro atoms. The first-order valence-corrected chi connectivity index (χ1v) is 8.13. The third-order valence-electron chi connectivity index (χ3n) is 3.98. The lowest BCUT2D eigenvalue weighted by atomic mass is 9.96. The number of nitrogens with two attached hydrogens (primary N) is 1. The highest BCUT2D eigenvalue weighted by Crippen LogP contribution is 2.17. The van der Waals surface area contributed by atoms with Crippen LogP contribution in [0.15, 0.2) is 24.3 Å². The lowest BCUT2D eigenvalue weighted by Crippen LogP contribution is -2.48. The molecule has 0 aliphatic heterocycles. The van der Waals surface area contributed by atoms with E-state index in [9.17, 15) is 14.4 Å². The standard InChI is InChI=1S/C17H23N3O4/c1-11(24-16(22)12-7-9-13(18)10-8-12)15(21)20-17(23)19-14-5-3-2-4-6-14/h7-11,14H,2-6,18H2,1H3,(H2,19,20,21,23)/t11-/m1/s1. The highest BCUT2D eigenvalue weighted by Gasteiger charge is 2.22. The average Bonchev–Trinajstić information content (AvgIpc) is 2.56. The van der Waals surface area contributed by atoms with Crippen LogP contribution >= 0.6 is 0 Å². The number of carbonyl (C=O) groups is 3. The largest absolute Gasteiger partial charge is 0.449 e. The normalized spacial score (nSPS) is 16.0. The Morgan fingerprint density at radius 2 is 1.75 bits per heavy atom. The number of anilines is 1. The van der Waals surface area contributed by atoms with Crippen LogP contribution in [0.1, 0.15) is 49.4 Å². The minimum Gasteiger partial charge on any atom is -0.449 e. The summed E-state index contributed by atoms with van der Waals surface area (Å²) in [6.45, 7) is 1.42. The molecule has 7 nitrogen and oxygen atoms in total. The molecule has 7 heteroatoms. The molecule has 4 N–H and O–H groups in total. The minimum absolute atomic E-state index is 0.0965. The van der Waals surface area contributed by atoms with Gasteiger partial charge in [0.1, 0.15) is 0 Å². The molecule has 1 atom stereocenters. The molecule has 2 rings (SSSR count). The summed E-state index contributed by atoms with van der Waals surface area (Å²) in [6.07, 6.45) is 4.10. The van der Waals surface area contributed by atoms with Gasteiger partial charge in [-0.25, -0.2) is 9.59 Å². The van der Waals surface area contributed by atoms with Crippen LogP contribution in [0.3, 0.4) is 0 Å². The van der Waals surface area contributed by atoms with Crippen molar-refractivity contribution in [2.45, 2.75) is 51.2 Å². The highest BCUT2D eigenvalue weighted by molar-refractivity contribution is 5.98. The number of hydrogen-bond donors (Lipinski definition) is 3. The number of ether oxygens (including phenoxy) is 1. The summed E-state index contributed by atoms with van der Waals surface area (Å²) in [4.78, 5) is 35.7. The Morgan fingerprint density at radius 1 is 1.12 bits per heavy atom. The third-order valence-corrected chi connectivity index (χ3v) is 3.98. The van der Waals surface area contributed by atoms with Crippen LogP contribution < -0.4 is 16.4 Å². The molecule has 0 radical (unpaired) electrons. The third kappa shape index (κ3) is 5.26. The van der Waals surface area contributed by atoms with Gasteiger partial charge in [0.25, 0.3) is 5.91 Å². The van der Waals surface area contributed by atoms with Crippen LogP contribution in [0.2, 0.25) is 0 Å². The van der Waals surface area contributed by atoms with Crippen molar-refractivity contribution in [3.63, 3.8) is 0 Å². The Hall–Kier alpha value is -2.57. The van der Waals surface area contributed by atoms with Gasteiger partial charge in [-0.1, -0.05) is 19.3 Å². The predicted octanol–water partition coefficient (Wildman–Crippen LogP) is 1.97. The molecule has 0 saturated heterocycles. The van der Waals surface area contributed by atoms with Crippen molar-refractivity contribution in [1.82, 2.24) is 10.6 Å². The molecule has 1 saturated carbocycles. The van der Waals surface area contributed by atoms with E-state index in [0.29, 0.717) is 5.69 Å². The van der Waals surface area contributed by atoms with Crippen molar-refractivity contribution in [2.24, 2.45) is 0 Å². The van der Waals surface area contributed by atoms with E-state index < -0.39 is 24.0 Å². The molecule has 0 aromatic heterocycles. The Labute approximate surface area is 140 Å². The van der Waals surface area contributed by atoms with Gasteiger partial charge < -0.3 is 15.8 Å². The van der Waals surface area contributed by atoms with Crippen LogP contribution in [0, 0.1) is 0 Å². The van der Waals surface area contributed by atoms with E-state index in [1.165, 1.54) is 25.5 Å². The van der Waals surface area contributed by atoms with Crippen LogP contribution in [0.4, 0.5) is 10.5 Å². The first kappa shape index (κ1) is 17.8. The average molecular weight is 333 g/mol. The van der Waals surface area contributed by atoms with E-state index in [1.54, 1.807) is 12.1 Å². The fourth-order valence-corrected chi connectivity index (χ4v) is 2.58. The van der Waals surface area contributed by atoms with Crippen molar-refractivity contribution in [1.29, 1.82) is 0 Å². The van der Waals surface area contributed by atoms with Gasteiger partial charge in [0.15, 0.2) is 6.10 Å². The Bertz CT molecular complexity index is 594. The van der Waals surface area contributed by atoms with E-state index in [-0.39, 0.29) is 11.6 Å². The smallest absolute Gasteiger partial charge is 0.338 e. The SMILES string of the molecule is C[C@@H](OC(=O)c1ccc(N)cc1)C(=O)NC(=O)NC1CCCCC1. The molecule has 0 heterocycles. The quantitative estimate of drug-likeness (QED) is 0.576. The minimum atomic E-state index is -1.08.